The van der Waals surface area contributed by atoms with Crippen LogP contribution in [0.4, 0.5) is 0 Å². The Morgan fingerprint density at radius 1 is 1.33 bits per heavy atom. The molecule has 1 unspecified atom stereocenters. The number of hydrogen-bond acceptors (Lipinski definition) is 2. The molecule has 1 saturated heterocycles. The normalized spacial score (nSPS) is 17.0. The number of hydrogen-bond donors (Lipinski definition) is 1. The zero-order chi connectivity index (χ0) is 15.1. The lowest BCUT2D eigenvalue weighted by molar-refractivity contribution is -0.129. The Balaban J connectivity index is 1.77. The Hall–Kier alpha value is -2.28. The molecule has 1 aromatic carbocycles. The molecular formula is C17H20N2O2. The summed E-state index contributed by atoms with van der Waals surface area (Å²) in [5, 5.41) is 2.78. The first kappa shape index (κ1) is 15.1. The van der Waals surface area contributed by atoms with Gasteiger partial charge < -0.3 is 10.2 Å². The van der Waals surface area contributed by atoms with Crippen molar-refractivity contribution < 1.29 is 9.59 Å². The number of nitrogens with one attached hydrogen (secondary N) is 1. The summed E-state index contributed by atoms with van der Waals surface area (Å²) in [5.74, 6) is 5.26. The molecule has 0 aromatic heterocycles. The highest BCUT2D eigenvalue weighted by Crippen LogP contribution is 2.16. The highest BCUT2D eigenvalue weighted by Gasteiger charge is 2.26. The third kappa shape index (κ3) is 4.64. The van der Waals surface area contributed by atoms with E-state index in [9.17, 15) is 9.59 Å². The zero-order valence-corrected chi connectivity index (χ0v) is 12.3. The number of benzene rings is 1. The van der Waals surface area contributed by atoms with Crippen molar-refractivity contribution in [2.45, 2.75) is 19.8 Å². The van der Waals surface area contributed by atoms with Gasteiger partial charge in [-0.1, -0.05) is 36.3 Å². The second-order valence-corrected chi connectivity index (χ2v) is 5.24. The third-order valence-corrected chi connectivity index (χ3v) is 3.63. The molecule has 0 spiro atoms. The fourth-order valence-corrected chi connectivity index (χ4v) is 2.50. The fourth-order valence-electron chi connectivity index (χ4n) is 2.50. The van der Waals surface area contributed by atoms with Crippen molar-refractivity contribution >= 4 is 11.8 Å². The summed E-state index contributed by atoms with van der Waals surface area (Å²) in [6.07, 6.45) is 1.38. The van der Waals surface area contributed by atoms with Gasteiger partial charge in [-0.2, -0.15) is 0 Å². The smallest absolute Gasteiger partial charge is 0.295 e. The van der Waals surface area contributed by atoms with Crippen LogP contribution in [0.5, 0.6) is 0 Å². The van der Waals surface area contributed by atoms with Crippen molar-refractivity contribution in [1.29, 1.82) is 0 Å². The molecule has 21 heavy (non-hydrogen) atoms. The molecule has 2 rings (SSSR count). The Morgan fingerprint density at radius 2 is 2.10 bits per heavy atom. The van der Waals surface area contributed by atoms with Crippen LogP contribution in [0.15, 0.2) is 30.3 Å². The zero-order valence-electron chi connectivity index (χ0n) is 12.3. The summed E-state index contributed by atoms with van der Waals surface area (Å²) in [7, 11) is 0. The molecule has 1 aromatic rings. The maximum absolute atomic E-state index is 12.2. The van der Waals surface area contributed by atoms with Crippen LogP contribution in [0.3, 0.4) is 0 Å². The number of carbonyl (C=O) groups is 2. The molecule has 0 radical (unpaired) electrons. The molecule has 1 heterocycles. The summed E-state index contributed by atoms with van der Waals surface area (Å²) in [6.45, 7) is 3.71. The van der Waals surface area contributed by atoms with Crippen molar-refractivity contribution in [2.24, 2.45) is 5.92 Å². The molecule has 4 heteroatoms. The van der Waals surface area contributed by atoms with E-state index in [1.807, 2.05) is 35.2 Å². The molecule has 4 nitrogen and oxygen atoms in total. The van der Waals surface area contributed by atoms with Crippen LogP contribution in [0.25, 0.3) is 0 Å². The van der Waals surface area contributed by atoms with Crippen LogP contribution in [-0.4, -0.2) is 36.3 Å². The van der Waals surface area contributed by atoms with Crippen molar-refractivity contribution in [2.75, 3.05) is 19.6 Å². The molecule has 1 atom stereocenters. The summed E-state index contributed by atoms with van der Waals surface area (Å²) in [5.41, 5.74) is 1.04. The number of likely N-dealkylation sites (tertiary alicyclic amines) is 1. The lowest BCUT2D eigenvalue weighted by Gasteiger charge is -2.16. The quantitative estimate of drug-likeness (QED) is 0.845. The lowest BCUT2D eigenvalue weighted by atomic mass is 10.1. The number of rotatable bonds is 4. The Bertz CT molecular complexity index is 557. The van der Waals surface area contributed by atoms with Gasteiger partial charge in [0, 0.05) is 19.6 Å². The first-order chi connectivity index (χ1) is 10.2. The van der Waals surface area contributed by atoms with Crippen LogP contribution in [-0.2, 0) is 16.0 Å². The van der Waals surface area contributed by atoms with Crippen molar-refractivity contribution in [3.63, 3.8) is 0 Å². The molecular weight excluding hydrogens is 264 g/mol. The van der Waals surface area contributed by atoms with E-state index in [4.69, 9.17) is 0 Å². The van der Waals surface area contributed by atoms with Gasteiger partial charge in [0.15, 0.2) is 0 Å². The van der Waals surface area contributed by atoms with Gasteiger partial charge in [-0.05, 0) is 30.7 Å². The first-order valence-corrected chi connectivity index (χ1v) is 7.21. The number of carbonyl (C=O) groups excluding carboxylic acids is 2. The van der Waals surface area contributed by atoms with Crippen LogP contribution >= 0.6 is 0 Å². The monoisotopic (exact) mass is 284 g/mol. The number of amides is 2. The molecule has 110 valence electrons. The van der Waals surface area contributed by atoms with Crippen LogP contribution < -0.4 is 5.32 Å². The van der Waals surface area contributed by atoms with Crippen molar-refractivity contribution in [1.82, 2.24) is 10.2 Å². The van der Waals surface area contributed by atoms with E-state index in [-0.39, 0.29) is 11.8 Å². The van der Waals surface area contributed by atoms with E-state index in [2.05, 4.69) is 17.2 Å². The molecule has 1 fully saturated rings. The summed E-state index contributed by atoms with van der Waals surface area (Å²) < 4.78 is 0. The van der Waals surface area contributed by atoms with E-state index in [1.165, 1.54) is 0 Å². The predicted octanol–water partition coefficient (Wildman–Crippen LogP) is 1.22. The average molecular weight is 284 g/mol. The highest BCUT2D eigenvalue weighted by atomic mass is 16.2. The van der Waals surface area contributed by atoms with Gasteiger partial charge in [-0.25, -0.2) is 0 Å². The molecule has 0 saturated carbocycles. The van der Waals surface area contributed by atoms with E-state index in [0.717, 1.165) is 18.5 Å². The molecule has 1 aliphatic rings. The third-order valence-electron chi connectivity index (χ3n) is 3.63. The minimum atomic E-state index is -0.244. The van der Waals surface area contributed by atoms with E-state index in [1.54, 1.807) is 6.92 Å². The average Bonchev–Trinajstić information content (AvgIpc) is 2.95. The van der Waals surface area contributed by atoms with Crippen LogP contribution in [0.2, 0.25) is 0 Å². The first-order valence-electron chi connectivity index (χ1n) is 7.21. The Morgan fingerprint density at radius 3 is 2.81 bits per heavy atom. The minimum Gasteiger partial charge on any atom is -0.345 e. The summed E-state index contributed by atoms with van der Waals surface area (Å²) in [6, 6.07) is 9.77. The van der Waals surface area contributed by atoms with E-state index >= 15 is 0 Å². The molecule has 1 N–H and O–H groups in total. The van der Waals surface area contributed by atoms with Gasteiger partial charge in [-0.15, -0.1) is 0 Å². The summed E-state index contributed by atoms with van der Waals surface area (Å²) >= 11 is 0. The van der Waals surface area contributed by atoms with Gasteiger partial charge in [0.1, 0.15) is 0 Å². The Kier molecular flexibility index (Phi) is 5.39. The standard InChI is InChI=1S/C17H20N2O2/c1-2-6-16(20)18-12-15-9-10-19(13-15)17(21)11-14-7-4-3-5-8-14/h3-5,7-8,15H,9-13H2,1H3,(H,18,20). The fraction of sp³-hybridized carbons (Fsp3) is 0.412. The molecule has 1 aliphatic heterocycles. The van der Waals surface area contributed by atoms with Crippen LogP contribution in [0, 0.1) is 17.8 Å². The van der Waals surface area contributed by atoms with E-state index < -0.39 is 0 Å². The SMILES string of the molecule is CC#CC(=O)NCC1CCN(C(=O)Cc2ccccc2)C1. The van der Waals surface area contributed by atoms with E-state index in [0.29, 0.717) is 25.4 Å². The maximum atomic E-state index is 12.2. The van der Waals surface area contributed by atoms with Gasteiger partial charge >= 0.3 is 0 Å². The minimum absolute atomic E-state index is 0.156. The van der Waals surface area contributed by atoms with Crippen LogP contribution in [0.1, 0.15) is 18.9 Å². The predicted molar refractivity (Wildman–Crippen MR) is 81.3 cm³/mol. The van der Waals surface area contributed by atoms with Gasteiger partial charge in [0.25, 0.3) is 5.91 Å². The molecule has 0 aliphatic carbocycles. The Labute approximate surface area is 125 Å². The van der Waals surface area contributed by atoms with Crippen molar-refractivity contribution in [3.05, 3.63) is 35.9 Å². The number of nitrogens with zero attached hydrogens (tertiary/aromatic N) is 1. The topological polar surface area (TPSA) is 49.4 Å². The maximum Gasteiger partial charge on any atom is 0.295 e. The summed E-state index contributed by atoms with van der Waals surface area (Å²) in [4.78, 5) is 25.4. The largest absolute Gasteiger partial charge is 0.345 e. The second kappa shape index (κ2) is 7.49. The van der Waals surface area contributed by atoms with Crippen molar-refractivity contribution in [3.8, 4) is 11.8 Å². The second-order valence-electron chi connectivity index (χ2n) is 5.24. The van der Waals surface area contributed by atoms with Gasteiger partial charge in [0.05, 0.1) is 6.42 Å². The molecule has 0 bridgehead atoms. The van der Waals surface area contributed by atoms with Gasteiger partial charge in [0.2, 0.25) is 5.91 Å². The molecule has 2 amide bonds. The lowest BCUT2D eigenvalue weighted by Crippen LogP contribution is -2.33. The van der Waals surface area contributed by atoms with Gasteiger partial charge in [-0.3, -0.25) is 9.59 Å². The highest BCUT2D eigenvalue weighted by molar-refractivity contribution is 5.93.